The number of alkyl halides is 6. The highest BCUT2D eigenvalue weighted by atomic mass is 35.5. The first-order valence-electron chi connectivity index (χ1n) is 7.46. The lowest BCUT2D eigenvalue weighted by Gasteiger charge is -2.23. The standard InChI is InChI=1S/C17H14ClF6NO/c1-8-3-9(2)14(13(18)4-8)25-15(26)10-5-11(16(19,20)21)7-12(6-10)17(22,23)24/h4-7,9H,3H2,1-2H3,(H,25,26). The molecule has 0 saturated carbocycles. The molecule has 0 bridgehead atoms. The zero-order chi connectivity index (χ0) is 19.9. The monoisotopic (exact) mass is 397 g/mol. The second-order valence-electron chi connectivity index (χ2n) is 6.11. The summed E-state index contributed by atoms with van der Waals surface area (Å²) in [7, 11) is 0. The fourth-order valence-corrected chi connectivity index (χ4v) is 3.06. The van der Waals surface area contributed by atoms with Gasteiger partial charge >= 0.3 is 12.4 Å². The Bertz CT molecular complexity index is 759. The summed E-state index contributed by atoms with van der Waals surface area (Å²) in [6.07, 6.45) is -7.90. The maximum absolute atomic E-state index is 12.9. The Balaban J connectivity index is 2.44. The first-order valence-corrected chi connectivity index (χ1v) is 7.84. The van der Waals surface area contributed by atoms with Gasteiger partial charge in [0.1, 0.15) is 0 Å². The van der Waals surface area contributed by atoms with E-state index < -0.39 is 35.0 Å². The van der Waals surface area contributed by atoms with Crippen molar-refractivity contribution in [1.29, 1.82) is 0 Å². The molecule has 1 aliphatic rings. The minimum atomic E-state index is -5.02. The van der Waals surface area contributed by atoms with Gasteiger partial charge < -0.3 is 5.32 Å². The van der Waals surface area contributed by atoms with Gasteiger partial charge in [-0.2, -0.15) is 26.3 Å². The average Bonchev–Trinajstić information content (AvgIpc) is 2.48. The van der Waals surface area contributed by atoms with E-state index in [2.05, 4.69) is 5.32 Å². The van der Waals surface area contributed by atoms with E-state index in [4.69, 9.17) is 11.6 Å². The van der Waals surface area contributed by atoms with E-state index in [0.717, 1.165) is 5.57 Å². The molecule has 1 aromatic carbocycles. The van der Waals surface area contributed by atoms with Gasteiger partial charge in [-0.25, -0.2) is 0 Å². The van der Waals surface area contributed by atoms with Gasteiger partial charge in [0, 0.05) is 17.2 Å². The van der Waals surface area contributed by atoms with Crippen LogP contribution in [-0.4, -0.2) is 5.91 Å². The molecule has 0 saturated heterocycles. The van der Waals surface area contributed by atoms with Crippen LogP contribution in [0.25, 0.3) is 0 Å². The number of allylic oxidation sites excluding steroid dienone is 4. The van der Waals surface area contributed by atoms with Gasteiger partial charge in [0.2, 0.25) is 0 Å². The predicted octanol–water partition coefficient (Wildman–Crippen LogP) is 5.89. The van der Waals surface area contributed by atoms with Crippen molar-refractivity contribution in [3.8, 4) is 0 Å². The third-order valence-electron chi connectivity index (χ3n) is 3.85. The number of rotatable bonds is 2. The Morgan fingerprint density at radius 2 is 1.58 bits per heavy atom. The Morgan fingerprint density at radius 3 is 2.00 bits per heavy atom. The number of amides is 1. The van der Waals surface area contributed by atoms with Crippen molar-refractivity contribution >= 4 is 17.5 Å². The largest absolute Gasteiger partial charge is 0.416 e. The molecule has 1 aliphatic carbocycles. The molecule has 0 aliphatic heterocycles. The SMILES string of the molecule is CC1=CC(Cl)=C(NC(=O)c2cc(C(F)(F)F)cc(C(F)(F)F)c2)C(C)C1. The fraction of sp³-hybridized carbons (Fsp3) is 0.353. The number of carbonyl (C=O) groups excluding carboxylic acids is 1. The van der Waals surface area contributed by atoms with Crippen LogP contribution in [0.15, 0.2) is 40.6 Å². The predicted molar refractivity (Wildman–Crippen MR) is 84.3 cm³/mol. The Kier molecular flexibility index (Phi) is 5.46. The van der Waals surface area contributed by atoms with Gasteiger partial charge in [-0.1, -0.05) is 24.1 Å². The van der Waals surface area contributed by atoms with E-state index in [1.54, 1.807) is 13.0 Å². The zero-order valence-electron chi connectivity index (χ0n) is 13.6. The second-order valence-corrected chi connectivity index (χ2v) is 6.51. The van der Waals surface area contributed by atoms with Gasteiger partial charge in [-0.15, -0.1) is 0 Å². The molecule has 0 radical (unpaired) electrons. The van der Waals surface area contributed by atoms with Crippen LogP contribution >= 0.6 is 11.6 Å². The molecule has 0 spiro atoms. The highest BCUT2D eigenvalue weighted by Gasteiger charge is 2.37. The molecule has 0 fully saturated rings. The molecule has 26 heavy (non-hydrogen) atoms. The van der Waals surface area contributed by atoms with Crippen molar-refractivity contribution in [3.05, 3.63) is 57.3 Å². The zero-order valence-corrected chi connectivity index (χ0v) is 14.4. The Hall–Kier alpha value is -1.96. The first-order chi connectivity index (χ1) is 11.8. The summed E-state index contributed by atoms with van der Waals surface area (Å²) in [4.78, 5) is 12.3. The van der Waals surface area contributed by atoms with Crippen LogP contribution in [0.3, 0.4) is 0 Å². The van der Waals surface area contributed by atoms with E-state index in [1.807, 2.05) is 6.92 Å². The first kappa shape index (κ1) is 20.4. The molecule has 1 aromatic rings. The van der Waals surface area contributed by atoms with E-state index in [0.29, 0.717) is 18.6 Å². The van der Waals surface area contributed by atoms with Gasteiger partial charge in [0.15, 0.2) is 0 Å². The number of halogens is 7. The maximum Gasteiger partial charge on any atom is 0.416 e. The number of hydrogen-bond donors (Lipinski definition) is 1. The summed E-state index contributed by atoms with van der Waals surface area (Å²) in [6, 6.07) is 0.736. The third kappa shape index (κ3) is 4.60. The summed E-state index contributed by atoms with van der Waals surface area (Å²) in [5.74, 6) is -1.32. The van der Waals surface area contributed by atoms with E-state index in [-0.39, 0.29) is 22.7 Å². The van der Waals surface area contributed by atoms with Crippen LogP contribution in [0, 0.1) is 5.92 Å². The van der Waals surface area contributed by atoms with Crippen LogP contribution < -0.4 is 5.32 Å². The van der Waals surface area contributed by atoms with Gasteiger partial charge in [0.25, 0.3) is 5.91 Å². The van der Waals surface area contributed by atoms with Gasteiger partial charge in [-0.05, 0) is 37.6 Å². The lowest BCUT2D eigenvalue weighted by Crippen LogP contribution is -2.29. The average molecular weight is 398 g/mol. The minimum absolute atomic E-state index is 0.0294. The molecule has 2 rings (SSSR count). The maximum atomic E-state index is 12.9. The second kappa shape index (κ2) is 6.98. The smallest absolute Gasteiger partial charge is 0.324 e. The van der Waals surface area contributed by atoms with Crippen LogP contribution in [-0.2, 0) is 12.4 Å². The number of nitrogens with one attached hydrogen (secondary N) is 1. The van der Waals surface area contributed by atoms with Crippen LogP contribution in [0.5, 0.6) is 0 Å². The molecule has 142 valence electrons. The quantitative estimate of drug-likeness (QED) is 0.619. The van der Waals surface area contributed by atoms with Crippen molar-refractivity contribution in [2.75, 3.05) is 0 Å². The van der Waals surface area contributed by atoms with E-state index in [9.17, 15) is 31.1 Å². The minimum Gasteiger partial charge on any atom is -0.324 e. The molecule has 1 amide bonds. The number of carbonyl (C=O) groups is 1. The van der Waals surface area contributed by atoms with E-state index in [1.165, 1.54) is 0 Å². The van der Waals surface area contributed by atoms with Crippen molar-refractivity contribution in [1.82, 2.24) is 5.32 Å². The molecule has 0 heterocycles. The molecular formula is C17H14ClF6NO. The van der Waals surface area contributed by atoms with Crippen molar-refractivity contribution in [3.63, 3.8) is 0 Å². The highest BCUT2D eigenvalue weighted by Crippen LogP contribution is 2.36. The van der Waals surface area contributed by atoms with Gasteiger partial charge in [0.05, 0.1) is 16.2 Å². The van der Waals surface area contributed by atoms with Crippen molar-refractivity contribution in [2.24, 2.45) is 5.92 Å². The summed E-state index contributed by atoms with van der Waals surface area (Å²) < 4.78 is 77.3. The van der Waals surface area contributed by atoms with Gasteiger partial charge in [-0.3, -0.25) is 4.79 Å². The molecule has 1 atom stereocenters. The number of benzene rings is 1. The molecule has 1 unspecified atom stereocenters. The normalized spacial score (nSPS) is 18.7. The third-order valence-corrected chi connectivity index (χ3v) is 4.16. The molecule has 2 nitrogen and oxygen atoms in total. The summed E-state index contributed by atoms with van der Waals surface area (Å²) in [5.41, 5.74) is -2.65. The lowest BCUT2D eigenvalue weighted by molar-refractivity contribution is -0.143. The summed E-state index contributed by atoms with van der Waals surface area (Å²) in [6.45, 7) is 3.56. The molecule has 9 heteroatoms. The van der Waals surface area contributed by atoms with Crippen molar-refractivity contribution in [2.45, 2.75) is 32.6 Å². The lowest BCUT2D eigenvalue weighted by atomic mass is 9.93. The summed E-state index contributed by atoms with van der Waals surface area (Å²) in [5, 5.41) is 2.53. The van der Waals surface area contributed by atoms with Crippen molar-refractivity contribution < 1.29 is 31.1 Å². The fourth-order valence-electron chi connectivity index (χ4n) is 2.64. The molecule has 1 N–H and O–H groups in total. The van der Waals surface area contributed by atoms with E-state index >= 15 is 0 Å². The van der Waals surface area contributed by atoms with Crippen LogP contribution in [0.4, 0.5) is 26.3 Å². The number of hydrogen-bond acceptors (Lipinski definition) is 1. The highest BCUT2D eigenvalue weighted by molar-refractivity contribution is 6.31. The van der Waals surface area contributed by atoms with Crippen LogP contribution in [0.2, 0.25) is 0 Å². The molecular weight excluding hydrogens is 384 g/mol. The Morgan fingerprint density at radius 1 is 1.08 bits per heavy atom. The van der Waals surface area contributed by atoms with Crippen LogP contribution in [0.1, 0.15) is 41.8 Å². The Labute approximate surface area is 150 Å². The summed E-state index contributed by atoms with van der Waals surface area (Å²) >= 11 is 6.04. The molecule has 0 aromatic heterocycles. The topological polar surface area (TPSA) is 29.1 Å².